The summed E-state index contributed by atoms with van der Waals surface area (Å²) in [5.74, 6) is 1.15. The molecule has 3 rings (SSSR count). The number of rotatable bonds is 5. The van der Waals surface area contributed by atoms with Crippen molar-refractivity contribution >= 4 is 22.6 Å². The van der Waals surface area contributed by atoms with Crippen LogP contribution in [0.25, 0.3) is 11.0 Å². The average molecular weight is 304 g/mol. The first kappa shape index (κ1) is 14.0. The molecule has 0 aliphatic heterocycles. The van der Waals surface area contributed by atoms with Crippen LogP contribution in [-0.2, 0) is 19.4 Å². The Morgan fingerprint density at radius 2 is 2.10 bits per heavy atom. The highest BCUT2D eigenvalue weighted by atomic mass is 35.5. The molecule has 0 fully saturated rings. The second kappa shape index (κ2) is 6.22. The van der Waals surface area contributed by atoms with Crippen molar-refractivity contribution in [1.82, 2.24) is 14.5 Å². The van der Waals surface area contributed by atoms with E-state index in [1.54, 1.807) is 12.3 Å². The summed E-state index contributed by atoms with van der Waals surface area (Å²) in [5.41, 5.74) is 2.77. The second-order valence-corrected chi connectivity index (χ2v) is 5.24. The Morgan fingerprint density at radius 1 is 1.19 bits per heavy atom. The molecule has 3 nitrogen and oxygen atoms in total. The van der Waals surface area contributed by atoms with Gasteiger partial charge in [0.1, 0.15) is 11.6 Å². The molecule has 0 aliphatic carbocycles. The first-order valence-electron chi connectivity index (χ1n) is 6.87. The monoisotopic (exact) mass is 303 g/mol. The number of halogens is 2. The molecule has 1 aromatic carbocycles. The summed E-state index contributed by atoms with van der Waals surface area (Å²) in [5, 5.41) is 0. The van der Waals surface area contributed by atoms with Crippen LogP contribution in [0.1, 0.15) is 11.4 Å². The molecule has 0 radical (unpaired) electrons. The van der Waals surface area contributed by atoms with Gasteiger partial charge in [-0.3, -0.25) is 4.98 Å². The second-order valence-electron chi connectivity index (χ2n) is 4.86. The van der Waals surface area contributed by atoms with Gasteiger partial charge in [0.05, 0.1) is 11.0 Å². The molecule has 108 valence electrons. The van der Waals surface area contributed by atoms with Gasteiger partial charge >= 0.3 is 0 Å². The fourth-order valence-electron chi connectivity index (χ4n) is 2.46. The predicted octanol–water partition coefficient (Wildman–Crippen LogP) is 3.59. The van der Waals surface area contributed by atoms with Gasteiger partial charge in [0.15, 0.2) is 0 Å². The third kappa shape index (κ3) is 3.05. The van der Waals surface area contributed by atoms with Crippen LogP contribution in [0.2, 0.25) is 0 Å². The zero-order chi connectivity index (χ0) is 14.7. The molecule has 0 amide bonds. The molecule has 0 bridgehead atoms. The number of fused-ring (bicyclic) bond motifs is 1. The van der Waals surface area contributed by atoms with E-state index >= 15 is 0 Å². The minimum Gasteiger partial charge on any atom is -0.328 e. The van der Waals surface area contributed by atoms with Crippen LogP contribution >= 0.6 is 11.6 Å². The molecular formula is C16H15ClFN3. The van der Waals surface area contributed by atoms with Crippen molar-refractivity contribution < 1.29 is 4.39 Å². The molecule has 2 heterocycles. The summed E-state index contributed by atoms with van der Waals surface area (Å²) in [7, 11) is 0. The van der Waals surface area contributed by atoms with E-state index in [2.05, 4.69) is 9.97 Å². The number of imidazole rings is 1. The first-order valence-corrected chi connectivity index (χ1v) is 7.41. The third-order valence-electron chi connectivity index (χ3n) is 3.45. The minimum absolute atomic E-state index is 0.248. The zero-order valence-corrected chi connectivity index (χ0v) is 12.2. The van der Waals surface area contributed by atoms with Crippen LogP contribution in [0.3, 0.4) is 0 Å². The van der Waals surface area contributed by atoms with Crippen LogP contribution in [0.4, 0.5) is 4.39 Å². The Hall–Kier alpha value is -1.94. The largest absolute Gasteiger partial charge is 0.328 e. The van der Waals surface area contributed by atoms with E-state index < -0.39 is 0 Å². The van der Waals surface area contributed by atoms with Crippen molar-refractivity contribution in [2.75, 3.05) is 5.88 Å². The van der Waals surface area contributed by atoms with Crippen LogP contribution in [0, 0.1) is 5.82 Å². The lowest BCUT2D eigenvalue weighted by Crippen LogP contribution is -2.07. The minimum atomic E-state index is -0.248. The Labute approximate surface area is 127 Å². The summed E-state index contributed by atoms with van der Waals surface area (Å²) >= 11 is 5.85. The summed E-state index contributed by atoms with van der Waals surface area (Å²) in [6.45, 7) is 0.734. The standard InChI is InChI=1S/C16H15ClFN3/c17-7-5-16-20-14-4-3-13(18)10-15(14)21(16)9-6-12-2-1-8-19-11-12/h1-4,8,10-11H,5-7,9H2. The lowest BCUT2D eigenvalue weighted by Gasteiger charge is -2.08. The summed E-state index contributed by atoms with van der Waals surface area (Å²) in [4.78, 5) is 8.67. The van der Waals surface area contributed by atoms with Gasteiger partial charge < -0.3 is 4.57 Å². The number of nitrogens with zero attached hydrogens (tertiary/aromatic N) is 3. The number of hydrogen-bond donors (Lipinski definition) is 0. The molecule has 0 N–H and O–H groups in total. The normalized spacial score (nSPS) is 11.1. The highest BCUT2D eigenvalue weighted by molar-refractivity contribution is 6.17. The van der Waals surface area contributed by atoms with E-state index in [4.69, 9.17) is 11.6 Å². The fourth-order valence-corrected chi connectivity index (χ4v) is 2.63. The Bertz CT molecular complexity index is 740. The van der Waals surface area contributed by atoms with Crippen molar-refractivity contribution in [2.24, 2.45) is 0 Å². The molecule has 0 spiro atoms. The quantitative estimate of drug-likeness (QED) is 0.674. The number of pyridine rings is 1. The molecule has 2 aromatic heterocycles. The van der Waals surface area contributed by atoms with Crippen molar-refractivity contribution in [3.05, 3.63) is 59.9 Å². The maximum atomic E-state index is 13.5. The van der Waals surface area contributed by atoms with Gasteiger partial charge in [-0.25, -0.2) is 9.37 Å². The number of benzene rings is 1. The van der Waals surface area contributed by atoms with Gasteiger partial charge in [-0.05, 0) is 36.2 Å². The summed E-state index contributed by atoms with van der Waals surface area (Å²) < 4.78 is 15.5. The van der Waals surface area contributed by atoms with Crippen LogP contribution in [0.5, 0.6) is 0 Å². The van der Waals surface area contributed by atoms with E-state index in [9.17, 15) is 4.39 Å². The highest BCUT2D eigenvalue weighted by Gasteiger charge is 2.11. The van der Waals surface area contributed by atoms with Crippen LogP contribution in [0.15, 0.2) is 42.7 Å². The Balaban J connectivity index is 1.94. The number of hydrogen-bond acceptors (Lipinski definition) is 2. The third-order valence-corrected chi connectivity index (χ3v) is 3.64. The van der Waals surface area contributed by atoms with Gasteiger partial charge in [0, 0.05) is 31.2 Å². The Morgan fingerprint density at radius 3 is 2.86 bits per heavy atom. The lowest BCUT2D eigenvalue weighted by atomic mass is 10.2. The van der Waals surface area contributed by atoms with Gasteiger partial charge in [-0.1, -0.05) is 6.07 Å². The van der Waals surface area contributed by atoms with E-state index in [1.165, 1.54) is 12.1 Å². The zero-order valence-electron chi connectivity index (χ0n) is 11.5. The van der Waals surface area contributed by atoms with E-state index in [-0.39, 0.29) is 5.82 Å². The van der Waals surface area contributed by atoms with Gasteiger partial charge in [0.2, 0.25) is 0 Å². The Kier molecular flexibility index (Phi) is 4.15. The van der Waals surface area contributed by atoms with Crippen molar-refractivity contribution in [1.29, 1.82) is 0 Å². The molecule has 0 saturated heterocycles. The molecule has 21 heavy (non-hydrogen) atoms. The maximum Gasteiger partial charge on any atom is 0.125 e. The van der Waals surface area contributed by atoms with Gasteiger partial charge in [-0.15, -0.1) is 11.6 Å². The number of aromatic nitrogens is 3. The number of alkyl halides is 1. The molecule has 0 saturated carbocycles. The van der Waals surface area contributed by atoms with E-state index in [0.717, 1.165) is 35.4 Å². The van der Waals surface area contributed by atoms with Crippen molar-refractivity contribution in [2.45, 2.75) is 19.4 Å². The molecular weight excluding hydrogens is 289 g/mol. The first-order chi connectivity index (χ1) is 10.3. The smallest absolute Gasteiger partial charge is 0.125 e. The topological polar surface area (TPSA) is 30.7 Å². The summed E-state index contributed by atoms with van der Waals surface area (Å²) in [6, 6.07) is 8.63. The SMILES string of the molecule is Fc1ccc2nc(CCCl)n(CCc3cccnc3)c2c1. The molecule has 5 heteroatoms. The van der Waals surface area contributed by atoms with Crippen molar-refractivity contribution in [3.8, 4) is 0 Å². The van der Waals surface area contributed by atoms with Crippen LogP contribution in [-0.4, -0.2) is 20.4 Å². The maximum absolute atomic E-state index is 13.5. The van der Waals surface area contributed by atoms with Gasteiger partial charge in [0.25, 0.3) is 0 Å². The van der Waals surface area contributed by atoms with Gasteiger partial charge in [-0.2, -0.15) is 0 Å². The summed E-state index contributed by atoms with van der Waals surface area (Å²) in [6.07, 6.45) is 5.10. The highest BCUT2D eigenvalue weighted by Crippen LogP contribution is 2.19. The van der Waals surface area contributed by atoms with Crippen molar-refractivity contribution in [3.63, 3.8) is 0 Å². The lowest BCUT2D eigenvalue weighted by molar-refractivity contribution is 0.626. The molecule has 0 unspecified atom stereocenters. The van der Waals surface area contributed by atoms with E-state index in [0.29, 0.717) is 12.3 Å². The predicted molar refractivity (Wildman–Crippen MR) is 82.1 cm³/mol. The molecule has 0 aliphatic rings. The molecule has 0 atom stereocenters. The van der Waals surface area contributed by atoms with E-state index in [1.807, 2.05) is 22.9 Å². The molecule has 3 aromatic rings. The number of aryl methyl sites for hydroxylation is 3. The fraction of sp³-hybridized carbons (Fsp3) is 0.250. The average Bonchev–Trinajstić information content (AvgIpc) is 2.83. The van der Waals surface area contributed by atoms with Crippen LogP contribution < -0.4 is 0 Å².